The van der Waals surface area contributed by atoms with E-state index < -0.39 is 0 Å². The summed E-state index contributed by atoms with van der Waals surface area (Å²) in [5.74, 6) is 3.37. The second kappa shape index (κ2) is 10.6. The lowest BCUT2D eigenvalue weighted by Crippen LogP contribution is -2.56. The second-order valence-electron chi connectivity index (χ2n) is 11.8. The first-order chi connectivity index (χ1) is 15.3. The molecule has 0 spiro atoms. The van der Waals surface area contributed by atoms with Gasteiger partial charge in [0.15, 0.2) is 0 Å². The third-order valence-corrected chi connectivity index (χ3v) is 10.4. The first kappa shape index (κ1) is 25.7. The summed E-state index contributed by atoms with van der Waals surface area (Å²) in [6.07, 6.45) is 14.6. The molecule has 0 aromatic rings. The SMILES string of the molecule is C=C(C)C1(C)CCC2C(C(=O)CC3C/C(=C/CC4CCNCC4)CCC32C)C1CC.CC. The Morgan fingerprint density at radius 3 is 2.44 bits per heavy atom. The molecule has 0 aromatic carbocycles. The molecule has 1 saturated heterocycles. The standard InChI is InChI=1S/C28H45NO.C2H6/c1-6-23-26-24(10-14-27(23,4)19(2)3)28(5)13-9-21(17-22(28)18-25(26)30)8-7-20-11-15-29-16-12-20;1-2/h8,20,22-24,26,29H,2,6-7,9-18H2,1,3-5H3;1-2H3/b21-8+;. The van der Waals surface area contributed by atoms with Gasteiger partial charge >= 0.3 is 0 Å². The summed E-state index contributed by atoms with van der Waals surface area (Å²) in [5.41, 5.74) is 3.45. The summed E-state index contributed by atoms with van der Waals surface area (Å²) in [4.78, 5) is 13.6. The minimum atomic E-state index is 0.142. The van der Waals surface area contributed by atoms with Crippen LogP contribution in [-0.4, -0.2) is 18.9 Å². The Balaban J connectivity index is 0.00000141. The number of hydrogen-bond donors (Lipinski definition) is 1. The van der Waals surface area contributed by atoms with Crippen LogP contribution in [0.5, 0.6) is 0 Å². The van der Waals surface area contributed by atoms with Crippen LogP contribution in [0.3, 0.4) is 0 Å². The van der Waals surface area contributed by atoms with Crippen LogP contribution in [-0.2, 0) is 4.79 Å². The van der Waals surface area contributed by atoms with Gasteiger partial charge in [0.1, 0.15) is 5.78 Å². The Hall–Kier alpha value is -0.890. The fourth-order valence-electron chi connectivity index (χ4n) is 8.01. The molecule has 1 heterocycles. The molecule has 1 aliphatic heterocycles. The molecule has 32 heavy (non-hydrogen) atoms. The Bertz CT molecular complexity index is 702. The van der Waals surface area contributed by atoms with Crippen molar-refractivity contribution in [3.63, 3.8) is 0 Å². The highest BCUT2D eigenvalue weighted by molar-refractivity contribution is 5.83. The molecular formula is C30H51NO. The molecule has 0 bridgehead atoms. The van der Waals surface area contributed by atoms with Gasteiger partial charge in [-0.25, -0.2) is 0 Å². The molecule has 4 rings (SSSR count). The third-order valence-electron chi connectivity index (χ3n) is 10.4. The maximum Gasteiger partial charge on any atom is 0.136 e. The van der Waals surface area contributed by atoms with E-state index in [-0.39, 0.29) is 11.3 Å². The highest BCUT2D eigenvalue weighted by Crippen LogP contribution is 2.64. The average molecular weight is 442 g/mol. The quantitative estimate of drug-likeness (QED) is 0.452. The van der Waals surface area contributed by atoms with Crippen LogP contribution in [0.25, 0.3) is 0 Å². The van der Waals surface area contributed by atoms with Crippen LogP contribution >= 0.6 is 0 Å². The highest BCUT2D eigenvalue weighted by Gasteiger charge is 2.59. The van der Waals surface area contributed by atoms with Crippen molar-refractivity contribution >= 4 is 5.78 Å². The maximum absolute atomic E-state index is 13.6. The molecule has 0 radical (unpaired) electrons. The van der Waals surface area contributed by atoms with E-state index in [1.165, 1.54) is 70.0 Å². The Labute approximate surface area is 199 Å². The van der Waals surface area contributed by atoms with Gasteiger partial charge in [-0.3, -0.25) is 4.79 Å². The minimum absolute atomic E-state index is 0.142. The molecule has 3 aliphatic carbocycles. The van der Waals surface area contributed by atoms with Crippen LogP contribution in [0.15, 0.2) is 23.8 Å². The zero-order valence-corrected chi connectivity index (χ0v) is 22.1. The predicted octanol–water partition coefficient (Wildman–Crippen LogP) is 7.74. The van der Waals surface area contributed by atoms with Crippen LogP contribution in [0.4, 0.5) is 0 Å². The normalized spacial score (nSPS) is 41.3. The smallest absolute Gasteiger partial charge is 0.136 e. The molecule has 4 fully saturated rings. The van der Waals surface area contributed by atoms with Crippen LogP contribution < -0.4 is 5.32 Å². The van der Waals surface area contributed by atoms with E-state index in [0.29, 0.717) is 29.0 Å². The van der Waals surface area contributed by atoms with Gasteiger partial charge in [0.2, 0.25) is 0 Å². The van der Waals surface area contributed by atoms with Gasteiger partial charge < -0.3 is 5.32 Å². The Kier molecular flexibility index (Phi) is 8.51. The van der Waals surface area contributed by atoms with Crippen molar-refractivity contribution in [3.05, 3.63) is 23.8 Å². The number of fused-ring (bicyclic) bond motifs is 3. The molecule has 6 unspecified atom stereocenters. The number of nitrogens with one attached hydrogen (secondary N) is 1. The van der Waals surface area contributed by atoms with Gasteiger partial charge in [0.25, 0.3) is 0 Å². The minimum Gasteiger partial charge on any atom is -0.317 e. The van der Waals surface area contributed by atoms with Crippen molar-refractivity contribution in [1.29, 1.82) is 0 Å². The molecule has 182 valence electrons. The van der Waals surface area contributed by atoms with Crippen molar-refractivity contribution in [2.75, 3.05) is 13.1 Å². The van der Waals surface area contributed by atoms with Gasteiger partial charge in [0, 0.05) is 12.3 Å². The summed E-state index contributed by atoms with van der Waals surface area (Å²) in [7, 11) is 0. The molecule has 6 atom stereocenters. The van der Waals surface area contributed by atoms with E-state index in [2.05, 4.69) is 45.7 Å². The number of carbonyl (C=O) groups excluding carboxylic acids is 1. The van der Waals surface area contributed by atoms with E-state index in [1.807, 2.05) is 13.8 Å². The zero-order valence-electron chi connectivity index (χ0n) is 22.1. The topological polar surface area (TPSA) is 29.1 Å². The van der Waals surface area contributed by atoms with Crippen molar-refractivity contribution < 1.29 is 4.79 Å². The number of carbonyl (C=O) groups is 1. The first-order valence-corrected chi connectivity index (χ1v) is 13.9. The Morgan fingerprint density at radius 2 is 1.81 bits per heavy atom. The average Bonchev–Trinajstić information content (AvgIpc) is 2.80. The van der Waals surface area contributed by atoms with Gasteiger partial charge in [-0.1, -0.05) is 64.8 Å². The molecule has 2 nitrogen and oxygen atoms in total. The van der Waals surface area contributed by atoms with Crippen LogP contribution in [0.1, 0.15) is 106 Å². The molecule has 2 heteroatoms. The number of allylic oxidation sites excluding steroid dienone is 3. The van der Waals surface area contributed by atoms with Gasteiger partial charge in [-0.2, -0.15) is 0 Å². The summed E-state index contributed by atoms with van der Waals surface area (Å²) >= 11 is 0. The van der Waals surface area contributed by atoms with Crippen molar-refractivity contribution in [1.82, 2.24) is 5.32 Å². The number of hydrogen-bond acceptors (Lipinski definition) is 2. The van der Waals surface area contributed by atoms with Gasteiger partial charge in [-0.05, 0) is 106 Å². The summed E-state index contributed by atoms with van der Waals surface area (Å²) in [5, 5.41) is 3.48. The number of Topliss-reactive ketones (excluding diaryl/α,β-unsaturated/α-hetero) is 1. The van der Waals surface area contributed by atoms with E-state index in [4.69, 9.17) is 0 Å². The van der Waals surface area contributed by atoms with Crippen molar-refractivity contribution in [2.45, 2.75) is 106 Å². The number of rotatable bonds is 4. The zero-order chi connectivity index (χ0) is 23.5. The molecule has 0 aromatic heterocycles. The monoisotopic (exact) mass is 441 g/mol. The molecular weight excluding hydrogens is 390 g/mol. The first-order valence-electron chi connectivity index (χ1n) is 13.9. The summed E-state index contributed by atoms with van der Waals surface area (Å²) in [6, 6.07) is 0. The Morgan fingerprint density at radius 1 is 1.12 bits per heavy atom. The maximum atomic E-state index is 13.6. The lowest BCUT2D eigenvalue weighted by atomic mass is 9.43. The van der Waals surface area contributed by atoms with Gasteiger partial charge in [0.05, 0.1) is 0 Å². The van der Waals surface area contributed by atoms with E-state index in [0.717, 1.165) is 18.8 Å². The van der Waals surface area contributed by atoms with Gasteiger partial charge in [-0.15, -0.1) is 0 Å². The molecule has 0 amide bonds. The highest BCUT2D eigenvalue weighted by atomic mass is 16.1. The largest absolute Gasteiger partial charge is 0.317 e. The lowest BCUT2D eigenvalue weighted by molar-refractivity contribution is -0.152. The lowest BCUT2D eigenvalue weighted by Gasteiger charge is -2.60. The predicted molar refractivity (Wildman–Crippen MR) is 138 cm³/mol. The van der Waals surface area contributed by atoms with Crippen molar-refractivity contribution in [3.8, 4) is 0 Å². The molecule has 1 N–H and O–H groups in total. The summed E-state index contributed by atoms with van der Waals surface area (Å²) < 4.78 is 0. The van der Waals surface area contributed by atoms with E-state index >= 15 is 0 Å². The summed E-state index contributed by atoms with van der Waals surface area (Å²) in [6.45, 7) is 20.2. The van der Waals surface area contributed by atoms with Crippen LogP contribution in [0.2, 0.25) is 0 Å². The van der Waals surface area contributed by atoms with Crippen LogP contribution in [0, 0.1) is 40.4 Å². The molecule has 3 saturated carbocycles. The van der Waals surface area contributed by atoms with E-state index in [1.54, 1.807) is 5.57 Å². The third kappa shape index (κ3) is 4.68. The second-order valence-corrected chi connectivity index (χ2v) is 11.8. The molecule has 4 aliphatic rings. The number of ketones is 1. The van der Waals surface area contributed by atoms with Crippen molar-refractivity contribution in [2.24, 2.45) is 40.4 Å². The fourth-order valence-corrected chi connectivity index (χ4v) is 8.01. The fraction of sp³-hybridized carbons (Fsp3) is 0.833. The van der Waals surface area contributed by atoms with E-state index in [9.17, 15) is 4.79 Å². The number of piperidine rings is 1.